The molecule has 0 aliphatic heterocycles. The molecule has 2 N–H and O–H groups in total. The van der Waals surface area contributed by atoms with E-state index in [0.29, 0.717) is 17.8 Å². The fourth-order valence-electron chi connectivity index (χ4n) is 1.51. The number of nitrogens with one attached hydrogen (secondary N) is 2. The van der Waals surface area contributed by atoms with Crippen LogP contribution in [0.25, 0.3) is 0 Å². The Hall–Kier alpha value is -1.42. The second-order valence-corrected chi connectivity index (χ2v) is 4.45. The van der Waals surface area contributed by atoms with Crippen molar-refractivity contribution in [3.63, 3.8) is 0 Å². The molecule has 100 valence electrons. The summed E-state index contributed by atoms with van der Waals surface area (Å²) in [5, 5.41) is 11.1. The van der Waals surface area contributed by atoms with Crippen LogP contribution in [0.4, 0.5) is 0 Å². The van der Waals surface area contributed by atoms with Crippen molar-refractivity contribution in [1.82, 2.24) is 10.3 Å². The van der Waals surface area contributed by atoms with Crippen LogP contribution in [0.1, 0.15) is 38.8 Å². The maximum Gasteiger partial charge on any atom is 0.123 e. The van der Waals surface area contributed by atoms with Gasteiger partial charge in [-0.1, -0.05) is 13.3 Å². The lowest BCUT2D eigenvalue weighted by Crippen LogP contribution is -2.24. The van der Waals surface area contributed by atoms with Crippen molar-refractivity contribution in [3.05, 3.63) is 24.0 Å². The van der Waals surface area contributed by atoms with Gasteiger partial charge in [0.1, 0.15) is 5.75 Å². The van der Waals surface area contributed by atoms with Crippen LogP contribution < -0.4 is 10.1 Å². The van der Waals surface area contributed by atoms with Gasteiger partial charge in [-0.25, -0.2) is 0 Å². The normalized spacial score (nSPS) is 12.2. The van der Waals surface area contributed by atoms with Gasteiger partial charge < -0.3 is 15.5 Å². The van der Waals surface area contributed by atoms with Crippen molar-refractivity contribution in [2.45, 2.75) is 39.2 Å². The number of rotatable bonds is 8. The topological polar surface area (TPSA) is 58.0 Å². The number of aromatic nitrogens is 1. The number of hydrogen-bond acceptors (Lipinski definition) is 4. The molecule has 0 radical (unpaired) electrons. The highest BCUT2D eigenvalue weighted by Gasteiger charge is 2.08. The average Bonchev–Trinajstić information content (AvgIpc) is 2.39. The average molecular weight is 249 g/mol. The summed E-state index contributed by atoms with van der Waals surface area (Å²) in [6, 6.07) is 3.97. The Kier molecular flexibility index (Phi) is 6.36. The first-order chi connectivity index (χ1) is 8.67. The third-order valence-electron chi connectivity index (χ3n) is 2.81. The summed E-state index contributed by atoms with van der Waals surface area (Å²) < 4.78 is 5.62. The van der Waals surface area contributed by atoms with Crippen LogP contribution in [0, 0.1) is 5.41 Å². The number of pyridine rings is 1. The van der Waals surface area contributed by atoms with Crippen LogP contribution in [-0.2, 0) is 0 Å². The van der Waals surface area contributed by atoms with Gasteiger partial charge in [0.15, 0.2) is 0 Å². The van der Waals surface area contributed by atoms with Crippen molar-refractivity contribution in [2.24, 2.45) is 0 Å². The summed E-state index contributed by atoms with van der Waals surface area (Å²) in [5.74, 6) is 0.801. The molecule has 0 saturated carbocycles. The van der Waals surface area contributed by atoms with Gasteiger partial charge in [0.05, 0.1) is 18.0 Å². The van der Waals surface area contributed by atoms with Crippen molar-refractivity contribution < 1.29 is 4.74 Å². The molecule has 1 atom stereocenters. The van der Waals surface area contributed by atoms with Crippen molar-refractivity contribution >= 4 is 5.71 Å². The van der Waals surface area contributed by atoms with E-state index >= 15 is 0 Å². The molecule has 0 unspecified atom stereocenters. The Morgan fingerprint density at radius 1 is 1.56 bits per heavy atom. The van der Waals surface area contributed by atoms with Crippen LogP contribution in [-0.4, -0.2) is 30.4 Å². The molecular weight excluding hydrogens is 226 g/mol. The van der Waals surface area contributed by atoms with Crippen LogP contribution >= 0.6 is 0 Å². The Bertz CT molecular complexity index is 379. The van der Waals surface area contributed by atoms with Gasteiger partial charge in [0.2, 0.25) is 0 Å². The second-order valence-electron chi connectivity index (χ2n) is 4.45. The van der Waals surface area contributed by atoms with Gasteiger partial charge in [0, 0.05) is 24.7 Å². The van der Waals surface area contributed by atoms with Gasteiger partial charge in [0.25, 0.3) is 0 Å². The molecule has 0 aromatic carbocycles. The predicted octanol–water partition coefficient (Wildman–Crippen LogP) is 2.63. The molecular formula is C14H23N3O. The number of hydrogen-bond donors (Lipinski definition) is 2. The second kappa shape index (κ2) is 7.82. The number of nitrogens with zero attached hydrogens (tertiary/aromatic N) is 1. The lowest BCUT2D eigenvalue weighted by atomic mass is 10.1. The number of ether oxygens (including phenoxy) is 1. The molecule has 4 nitrogen and oxygen atoms in total. The first kappa shape index (κ1) is 14.6. The Labute approximate surface area is 109 Å². The van der Waals surface area contributed by atoms with E-state index in [4.69, 9.17) is 10.1 Å². The minimum atomic E-state index is 0.281. The van der Waals surface area contributed by atoms with Gasteiger partial charge in [-0.3, -0.25) is 4.98 Å². The molecule has 0 amide bonds. The summed E-state index contributed by atoms with van der Waals surface area (Å²) in [4.78, 5) is 4.22. The smallest absolute Gasteiger partial charge is 0.123 e. The maximum atomic E-state index is 8.02. The third kappa shape index (κ3) is 4.84. The summed E-state index contributed by atoms with van der Waals surface area (Å²) in [7, 11) is 1.90. The summed E-state index contributed by atoms with van der Waals surface area (Å²) >= 11 is 0. The van der Waals surface area contributed by atoms with Gasteiger partial charge in [-0.15, -0.1) is 0 Å². The highest BCUT2D eigenvalue weighted by molar-refractivity contribution is 5.97. The molecule has 1 heterocycles. The van der Waals surface area contributed by atoms with E-state index in [-0.39, 0.29) is 6.04 Å². The van der Waals surface area contributed by atoms with E-state index < -0.39 is 0 Å². The molecule has 0 fully saturated rings. The van der Waals surface area contributed by atoms with E-state index in [0.717, 1.165) is 25.2 Å². The first-order valence-corrected chi connectivity index (χ1v) is 6.51. The third-order valence-corrected chi connectivity index (χ3v) is 2.81. The van der Waals surface area contributed by atoms with Crippen molar-refractivity contribution in [3.8, 4) is 5.75 Å². The fraction of sp³-hybridized carbons (Fsp3) is 0.571. The zero-order valence-corrected chi connectivity index (χ0v) is 11.5. The molecule has 4 heteroatoms. The largest absolute Gasteiger partial charge is 0.493 e. The quantitative estimate of drug-likeness (QED) is 0.550. The van der Waals surface area contributed by atoms with Crippen LogP contribution in [0.2, 0.25) is 0 Å². The molecule has 1 rings (SSSR count). The molecule has 0 aliphatic carbocycles. The summed E-state index contributed by atoms with van der Waals surface area (Å²) in [5.41, 5.74) is 1.24. The summed E-state index contributed by atoms with van der Waals surface area (Å²) in [6.45, 7) is 4.91. The molecule has 1 aromatic rings. The molecule has 0 aliphatic rings. The van der Waals surface area contributed by atoms with Gasteiger partial charge in [-0.2, -0.15) is 0 Å². The Morgan fingerprint density at radius 2 is 2.33 bits per heavy atom. The Balaban J connectivity index is 2.60. The van der Waals surface area contributed by atoms with Crippen molar-refractivity contribution in [2.75, 3.05) is 13.7 Å². The molecule has 18 heavy (non-hydrogen) atoms. The van der Waals surface area contributed by atoms with Crippen molar-refractivity contribution in [1.29, 1.82) is 5.41 Å². The highest BCUT2D eigenvalue weighted by atomic mass is 16.5. The van der Waals surface area contributed by atoms with E-state index in [1.807, 2.05) is 19.2 Å². The zero-order chi connectivity index (χ0) is 13.4. The van der Waals surface area contributed by atoms with Crippen LogP contribution in [0.3, 0.4) is 0 Å². The monoisotopic (exact) mass is 249 g/mol. The number of unbranched alkanes of at least 4 members (excludes halogenated alkanes) is 1. The predicted molar refractivity (Wildman–Crippen MR) is 74.6 cm³/mol. The lowest BCUT2D eigenvalue weighted by Gasteiger charge is -2.11. The van der Waals surface area contributed by atoms with Crippen LogP contribution in [0.15, 0.2) is 18.3 Å². The minimum Gasteiger partial charge on any atom is -0.493 e. The molecule has 0 saturated heterocycles. The standard InChI is InChI=1S/C14H23N3O/c1-4-5-8-18-12-6-7-17-14(10-12)13(15)9-11(2)16-3/h6-7,10-11,15-16H,4-5,8-9H2,1-3H3/t11-/m1/s1. The van der Waals surface area contributed by atoms with E-state index in [2.05, 4.69) is 24.1 Å². The van der Waals surface area contributed by atoms with Gasteiger partial charge >= 0.3 is 0 Å². The molecule has 0 bridgehead atoms. The SMILES string of the molecule is CCCCOc1ccnc(C(=N)C[C@@H](C)NC)c1. The van der Waals surface area contributed by atoms with E-state index in [1.165, 1.54) is 0 Å². The van der Waals surface area contributed by atoms with Gasteiger partial charge in [-0.05, 0) is 26.5 Å². The first-order valence-electron chi connectivity index (χ1n) is 6.51. The van der Waals surface area contributed by atoms with E-state index in [9.17, 15) is 0 Å². The molecule has 1 aromatic heterocycles. The maximum absolute atomic E-state index is 8.02. The summed E-state index contributed by atoms with van der Waals surface area (Å²) in [6.07, 6.45) is 4.54. The van der Waals surface area contributed by atoms with Crippen LogP contribution in [0.5, 0.6) is 5.75 Å². The fourth-order valence-corrected chi connectivity index (χ4v) is 1.51. The molecule has 0 spiro atoms. The van der Waals surface area contributed by atoms with E-state index in [1.54, 1.807) is 6.20 Å². The minimum absolute atomic E-state index is 0.281. The lowest BCUT2D eigenvalue weighted by molar-refractivity contribution is 0.309. The zero-order valence-electron chi connectivity index (χ0n) is 11.5. The highest BCUT2D eigenvalue weighted by Crippen LogP contribution is 2.13. The Morgan fingerprint density at radius 3 is 3.00 bits per heavy atom.